The van der Waals surface area contributed by atoms with Gasteiger partial charge in [-0.25, -0.2) is 9.78 Å². The zero-order chi connectivity index (χ0) is 22.0. The van der Waals surface area contributed by atoms with Gasteiger partial charge < -0.3 is 14.5 Å². The van der Waals surface area contributed by atoms with Crippen LogP contribution < -0.4 is 10.1 Å². The predicted octanol–water partition coefficient (Wildman–Crippen LogP) is 4.45. The number of alkyl halides is 2. The smallest absolute Gasteiger partial charge is 0.387 e. The first-order chi connectivity index (χ1) is 14.8. The van der Waals surface area contributed by atoms with Gasteiger partial charge in [-0.1, -0.05) is 18.2 Å². The number of amides is 3. The second kappa shape index (κ2) is 8.46. The van der Waals surface area contributed by atoms with Crippen LogP contribution in [-0.2, 0) is 17.8 Å². The summed E-state index contributed by atoms with van der Waals surface area (Å²) in [6.45, 7) is -1.20. The number of carbonyl (C=O) groups excluding carboxylic acids is 2. The normalized spacial score (nSPS) is 18.6. The Morgan fingerprint density at radius 3 is 2.71 bits per heavy atom. The molecule has 7 nitrogen and oxygen atoms in total. The Morgan fingerprint density at radius 2 is 2.03 bits per heavy atom. The number of urea groups is 1. The van der Waals surface area contributed by atoms with Crippen molar-refractivity contribution in [1.29, 1.82) is 0 Å². The molecule has 1 saturated heterocycles. The van der Waals surface area contributed by atoms with E-state index in [2.05, 4.69) is 15.0 Å². The summed E-state index contributed by atoms with van der Waals surface area (Å²) < 4.78 is 34.3. The molecule has 10 heteroatoms. The first kappa shape index (κ1) is 21.0. The van der Waals surface area contributed by atoms with Crippen molar-refractivity contribution < 1.29 is 27.5 Å². The lowest BCUT2D eigenvalue weighted by atomic mass is 9.93. The van der Waals surface area contributed by atoms with Crippen molar-refractivity contribution in [2.24, 2.45) is 0 Å². The molecular formula is C21H19F2N3O4S. The summed E-state index contributed by atoms with van der Waals surface area (Å²) in [6, 6.07) is 9.46. The van der Waals surface area contributed by atoms with Crippen LogP contribution in [0.3, 0.4) is 0 Å². The number of nitrogens with one attached hydrogen (secondary N) is 1. The van der Waals surface area contributed by atoms with Crippen LogP contribution >= 0.6 is 11.3 Å². The number of carbonyl (C=O) groups is 2. The summed E-state index contributed by atoms with van der Waals surface area (Å²) in [5.41, 5.74) is 0.237. The van der Waals surface area contributed by atoms with Gasteiger partial charge in [0, 0.05) is 0 Å². The van der Waals surface area contributed by atoms with Crippen LogP contribution in [-0.4, -0.2) is 34.0 Å². The molecule has 0 unspecified atom stereocenters. The maximum atomic E-state index is 13.0. The van der Waals surface area contributed by atoms with Gasteiger partial charge in [-0.15, -0.1) is 11.3 Å². The van der Waals surface area contributed by atoms with Crippen LogP contribution in [0.25, 0.3) is 10.8 Å². The molecule has 1 aromatic carbocycles. The third-order valence-electron chi connectivity index (χ3n) is 5.01. The first-order valence-corrected chi connectivity index (χ1v) is 10.4. The monoisotopic (exact) mass is 447 g/mol. The molecule has 0 radical (unpaired) electrons. The molecule has 1 N–H and O–H groups in total. The molecule has 0 bridgehead atoms. The Morgan fingerprint density at radius 1 is 1.26 bits per heavy atom. The molecule has 3 heterocycles. The van der Waals surface area contributed by atoms with Gasteiger partial charge in [0.05, 0.1) is 17.1 Å². The van der Waals surface area contributed by atoms with E-state index in [1.807, 2.05) is 17.5 Å². The zero-order valence-electron chi connectivity index (χ0n) is 16.5. The van der Waals surface area contributed by atoms with Crippen LogP contribution in [0.2, 0.25) is 0 Å². The van der Waals surface area contributed by atoms with Gasteiger partial charge in [-0.05, 0) is 48.9 Å². The van der Waals surface area contributed by atoms with Crippen molar-refractivity contribution in [3.63, 3.8) is 0 Å². The van der Waals surface area contributed by atoms with Gasteiger partial charge in [-0.2, -0.15) is 8.78 Å². The van der Waals surface area contributed by atoms with E-state index in [1.54, 1.807) is 19.1 Å². The van der Waals surface area contributed by atoms with Crippen molar-refractivity contribution in [2.45, 2.75) is 38.5 Å². The Labute approximate surface area is 180 Å². The quantitative estimate of drug-likeness (QED) is 0.516. The Hall–Kier alpha value is -3.27. The lowest BCUT2D eigenvalue weighted by Crippen LogP contribution is -2.44. The molecule has 2 aromatic heterocycles. The van der Waals surface area contributed by atoms with Crippen LogP contribution in [0.15, 0.2) is 52.5 Å². The number of rotatable bonds is 8. The largest absolute Gasteiger partial charge is 0.443 e. The number of imide groups is 1. The summed E-state index contributed by atoms with van der Waals surface area (Å²) in [6.07, 6.45) is 2.26. The lowest BCUT2D eigenvalue weighted by Gasteiger charge is -2.21. The average molecular weight is 447 g/mol. The fourth-order valence-electron chi connectivity index (χ4n) is 3.35. The van der Waals surface area contributed by atoms with Crippen LogP contribution in [0.4, 0.5) is 13.6 Å². The number of hydrogen-bond donors (Lipinski definition) is 1. The summed E-state index contributed by atoms with van der Waals surface area (Å²) in [4.78, 5) is 31.7. The average Bonchev–Trinajstić information content (AvgIpc) is 3.45. The van der Waals surface area contributed by atoms with Crippen molar-refractivity contribution in [3.05, 3.63) is 59.3 Å². The third-order valence-corrected chi connectivity index (χ3v) is 5.87. The fourth-order valence-corrected chi connectivity index (χ4v) is 4.00. The minimum atomic E-state index is -2.88. The molecule has 1 aliphatic heterocycles. The zero-order valence-corrected chi connectivity index (χ0v) is 17.3. The molecule has 3 aromatic rings. The molecule has 162 valence electrons. The topological polar surface area (TPSA) is 84.7 Å². The van der Waals surface area contributed by atoms with Crippen molar-refractivity contribution in [3.8, 4) is 16.5 Å². The van der Waals surface area contributed by atoms with Crippen LogP contribution in [0.5, 0.6) is 5.75 Å². The molecule has 31 heavy (non-hydrogen) atoms. The standard InChI is InChI=1S/C21H19F2N3O4S/c1-21(9-8-13-4-6-15(7-5-13)30-19(22)23)18(27)26(20(28)25-21)11-14-12-29-17(24-14)16-3-2-10-31-16/h2-7,10,12,19H,8-9,11H2,1H3,(H,25,28)/t21-/m1/s1. The number of ether oxygens (including phenoxy) is 1. The highest BCUT2D eigenvalue weighted by molar-refractivity contribution is 7.13. The minimum absolute atomic E-state index is 0.00873. The van der Waals surface area contributed by atoms with E-state index in [9.17, 15) is 18.4 Å². The van der Waals surface area contributed by atoms with Crippen molar-refractivity contribution in [2.75, 3.05) is 0 Å². The molecule has 1 aliphatic rings. The number of aromatic nitrogens is 1. The van der Waals surface area contributed by atoms with Crippen LogP contribution in [0.1, 0.15) is 24.6 Å². The van der Waals surface area contributed by atoms with E-state index in [4.69, 9.17) is 4.42 Å². The third kappa shape index (κ3) is 4.58. The summed E-state index contributed by atoms with van der Waals surface area (Å²) in [7, 11) is 0. The molecular weight excluding hydrogens is 428 g/mol. The number of oxazole rings is 1. The fraction of sp³-hybridized carbons (Fsp3) is 0.286. The summed E-state index contributed by atoms with van der Waals surface area (Å²) in [5.74, 6) is 0.158. The summed E-state index contributed by atoms with van der Waals surface area (Å²) in [5, 5.41) is 4.65. The second-order valence-electron chi connectivity index (χ2n) is 7.30. The molecule has 3 amide bonds. The second-order valence-corrected chi connectivity index (χ2v) is 8.25. The minimum Gasteiger partial charge on any atom is -0.443 e. The van der Waals surface area contributed by atoms with Gasteiger partial charge >= 0.3 is 12.6 Å². The number of aryl methyl sites for hydroxylation is 1. The van der Waals surface area contributed by atoms with Crippen LogP contribution in [0, 0.1) is 0 Å². The summed E-state index contributed by atoms with van der Waals surface area (Å²) >= 11 is 1.48. The number of hydrogen-bond acceptors (Lipinski definition) is 6. The Kier molecular flexibility index (Phi) is 5.73. The highest BCUT2D eigenvalue weighted by atomic mass is 32.1. The number of nitrogens with zero attached hydrogens (tertiary/aromatic N) is 2. The lowest BCUT2D eigenvalue weighted by molar-refractivity contribution is -0.131. The van der Waals surface area contributed by atoms with Crippen molar-refractivity contribution in [1.82, 2.24) is 15.2 Å². The van der Waals surface area contributed by atoms with Gasteiger partial charge in [0.1, 0.15) is 17.6 Å². The molecule has 1 atom stereocenters. The maximum Gasteiger partial charge on any atom is 0.387 e. The molecule has 0 aliphatic carbocycles. The first-order valence-electron chi connectivity index (χ1n) is 9.50. The van der Waals surface area contributed by atoms with Gasteiger partial charge in [-0.3, -0.25) is 9.69 Å². The van der Waals surface area contributed by atoms with Gasteiger partial charge in [0.2, 0.25) is 5.89 Å². The van der Waals surface area contributed by atoms with E-state index >= 15 is 0 Å². The molecule has 0 saturated carbocycles. The van der Waals surface area contributed by atoms with Gasteiger partial charge in [0.25, 0.3) is 5.91 Å². The number of thiophene rings is 1. The molecule has 0 spiro atoms. The highest BCUT2D eigenvalue weighted by Crippen LogP contribution is 2.27. The molecule has 1 fully saturated rings. The maximum absolute atomic E-state index is 13.0. The van der Waals surface area contributed by atoms with E-state index in [-0.39, 0.29) is 18.2 Å². The molecule has 4 rings (SSSR count). The predicted molar refractivity (Wildman–Crippen MR) is 109 cm³/mol. The SMILES string of the molecule is C[C@]1(CCc2ccc(OC(F)F)cc2)NC(=O)N(Cc2coc(-c3cccs3)n2)C1=O. The van der Waals surface area contributed by atoms with E-state index in [0.29, 0.717) is 24.4 Å². The Balaban J connectivity index is 1.39. The Bertz CT molecular complexity index is 1070. The van der Waals surface area contributed by atoms with E-state index in [1.165, 1.54) is 29.7 Å². The van der Waals surface area contributed by atoms with Gasteiger partial charge in [0.15, 0.2) is 0 Å². The number of benzene rings is 1. The number of halogens is 2. The van der Waals surface area contributed by atoms with E-state index in [0.717, 1.165) is 15.3 Å². The van der Waals surface area contributed by atoms with Crippen molar-refractivity contribution >= 4 is 23.3 Å². The van der Waals surface area contributed by atoms with E-state index < -0.39 is 18.2 Å². The highest BCUT2D eigenvalue weighted by Gasteiger charge is 2.47.